The summed E-state index contributed by atoms with van der Waals surface area (Å²) in [5.41, 5.74) is 0. The molecule has 4 rings (SSSR count). The zero-order valence-electron chi connectivity index (χ0n) is 26.3. The van der Waals surface area contributed by atoms with Gasteiger partial charge in [-0.2, -0.15) is 0 Å². The Bertz CT molecular complexity index is 824. The predicted octanol–water partition coefficient (Wildman–Crippen LogP) is -2.45. The first-order chi connectivity index (χ1) is 21.2. The van der Waals surface area contributed by atoms with Crippen molar-refractivity contribution in [2.75, 3.05) is 85.3 Å². The van der Waals surface area contributed by atoms with E-state index in [-0.39, 0.29) is 7.43 Å². The number of rotatable bonds is 12. The van der Waals surface area contributed by atoms with Crippen molar-refractivity contribution in [3.05, 3.63) is 0 Å². The molecule has 0 aromatic heterocycles. The quantitative estimate of drug-likeness (QED) is 0.186. The van der Waals surface area contributed by atoms with Crippen molar-refractivity contribution >= 4 is 81.4 Å². The lowest BCUT2D eigenvalue weighted by molar-refractivity contribution is -0.136. The molecule has 46 heavy (non-hydrogen) atoms. The molecule has 0 aliphatic carbocycles. The van der Waals surface area contributed by atoms with E-state index in [0.29, 0.717) is 0 Å². The minimum absolute atomic E-state index is 0. The van der Waals surface area contributed by atoms with Gasteiger partial charge in [-0.15, -0.1) is 0 Å². The molecule has 0 radical (unpaired) electrons. The van der Waals surface area contributed by atoms with Gasteiger partial charge in [-0.25, -0.2) is 0 Å². The molecular formula is C13H40O24Si9. The van der Waals surface area contributed by atoms with Crippen molar-refractivity contribution in [3.8, 4) is 0 Å². The van der Waals surface area contributed by atoms with Gasteiger partial charge in [0, 0.05) is 85.3 Å². The number of hydrogen-bond acceptors (Lipinski definition) is 24. The zero-order valence-corrected chi connectivity index (χ0v) is 35.3. The Balaban J connectivity index is 0.00000576. The molecule has 4 fully saturated rings. The van der Waals surface area contributed by atoms with E-state index in [1.807, 2.05) is 0 Å². The highest BCUT2D eigenvalue weighted by atomic mass is 28.6. The molecule has 272 valence electrons. The molecule has 4 heterocycles. The van der Waals surface area contributed by atoms with Gasteiger partial charge >= 0.3 is 81.4 Å². The van der Waals surface area contributed by atoms with Gasteiger partial charge in [0.2, 0.25) is 0 Å². The molecule has 0 saturated carbocycles. The van der Waals surface area contributed by atoms with Crippen LogP contribution in [0.25, 0.3) is 0 Å². The van der Waals surface area contributed by atoms with E-state index in [1.165, 1.54) is 56.9 Å². The van der Waals surface area contributed by atoms with Crippen molar-refractivity contribution in [1.82, 2.24) is 0 Å². The standard InChI is InChI=1S/C12H36O24Si9.CH4/c1-13-37(14-2)25-41(21-9)27-38(15-3,16-4)29-43(23-11)31-40(19-7,20-8)32-44(24-12)30-39(17-5,18-6)28-42(22-10,26-37)34-45(33-41,35-43)36-44;/h1-12H3;1H4. The van der Waals surface area contributed by atoms with E-state index in [9.17, 15) is 0 Å². The van der Waals surface area contributed by atoms with E-state index in [2.05, 4.69) is 0 Å². The van der Waals surface area contributed by atoms with E-state index in [1.54, 1.807) is 0 Å². The van der Waals surface area contributed by atoms with Gasteiger partial charge in [-0.1, -0.05) is 7.43 Å². The van der Waals surface area contributed by atoms with Gasteiger partial charge in [-0.3, -0.25) is 0 Å². The summed E-state index contributed by atoms with van der Waals surface area (Å²) in [4.78, 5) is 0. The summed E-state index contributed by atoms with van der Waals surface area (Å²) >= 11 is 0. The van der Waals surface area contributed by atoms with E-state index in [4.69, 9.17) is 102 Å². The predicted molar refractivity (Wildman–Crippen MR) is 156 cm³/mol. The normalized spacial score (nSPS) is 39.4. The minimum atomic E-state index is -5.26. The van der Waals surface area contributed by atoms with E-state index in [0.717, 1.165) is 28.4 Å². The number of hydrogen-bond donors (Lipinski definition) is 0. The average Bonchev–Trinajstić information content (AvgIpc) is 3.03. The Labute approximate surface area is 276 Å². The fourth-order valence-corrected chi connectivity index (χ4v) is 40.4. The maximum atomic E-state index is 6.41. The third-order valence-corrected chi connectivity index (χ3v) is 36.0. The van der Waals surface area contributed by atoms with Crippen LogP contribution in [-0.4, -0.2) is 167 Å². The largest absolute Gasteiger partial charge is 0.667 e. The fraction of sp³-hybridized carbons (Fsp3) is 1.00. The van der Waals surface area contributed by atoms with Gasteiger partial charge < -0.3 is 102 Å². The van der Waals surface area contributed by atoms with Crippen LogP contribution < -0.4 is 0 Å². The Hall–Kier alpha value is 0.992. The van der Waals surface area contributed by atoms with Crippen molar-refractivity contribution in [1.29, 1.82) is 0 Å². The third kappa shape index (κ3) is 7.33. The molecule has 24 nitrogen and oxygen atoms in total. The molecule has 0 amide bonds. The van der Waals surface area contributed by atoms with Crippen LogP contribution in [0.3, 0.4) is 0 Å². The molecule has 0 atom stereocenters. The first-order valence-electron chi connectivity index (χ1n) is 12.2. The van der Waals surface area contributed by atoms with Gasteiger partial charge in [-0.05, 0) is 0 Å². The molecule has 33 heteroatoms. The first kappa shape index (κ1) is 41.4. The van der Waals surface area contributed by atoms with Crippen LogP contribution in [0.15, 0.2) is 0 Å². The molecule has 5 bridgehead atoms. The summed E-state index contributed by atoms with van der Waals surface area (Å²) in [5, 5.41) is 0. The minimum Gasteiger partial charge on any atom is -0.356 e. The second-order valence-corrected chi connectivity index (χ2v) is 31.9. The van der Waals surface area contributed by atoms with Crippen LogP contribution >= 0.6 is 0 Å². The molecule has 4 saturated heterocycles. The maximum Gasteiger partial charge on any atom is 0.667 e. The lowest BCUT2D eigenvalue weighted by atomic mass is 11.8. The molecule has 4 aliphatic heterocycles. The second-order valence-electron chi connectivity index (χ2n) is 8.17. The molecule has 0 aromatic rings. The number of fused-ring (bicyclic) bond motifs is 4. The highest BCUT2D eigenvalue weighted by Gasteiger charge is 2.88. The summed E-state index contributed by atoms with van der Waals surface area (Å²) in [6.45, 7) is 0. The van der Waals surface area contributed by atoms with Crippen molar-refractivity contribution in [3.63, 3.8) is 0 Å². The van der Waals surface area contributed by atoms with E-state index >= 15 is 0 Å². The fourth-order valence-electron chi connectivity index (χ4n) is 3.80. The Morgan fingerprint density at radius 2 is 0.391 bits per heavy atom. The molecule has 1 spiro atoms. The van der Waals surface area contributed by atoms with Gasteiger partial charge in [0.05, 0.1) is 0 Å². The smallest absolute Gasteiger partial charge is 0.356 e. The summed E-state index contributed by atoms with van der Waals surface area (Å²) in [6, 6.07) is 0. The highest BCUT2D eigenvalue weighted by Crippen LogP contribution is 2.46. The van der Waals surface area contributed by atoms with Crippen molar-refractivity contribution in [2.45, 2.75) is 7.43 Å². The van der Waals surface area contributed by atoms with Crippen LogP contribution in [0.4, 0.5) is 0 Å². The van der Waals surface area contributed by atoms with Crippen LogP contribution in [-0.2, 0) is 102 Å². The molecule has 0 unspecified atom stereocenters. The van der Waals surface area contributed by atoms with Crippen LogP contribution in [0, 0.1) is 0 Å². The lowest BCUT2D eigenvalue weighted by Crippen LogP contribution is -2.87. The Morgan fingerprint density at radius 1 is 0.239 bits per heavy atom. The van der Waals surface area contributed by atoms with E-state index < -0.39 is 81.4 Å². The van der Waals surface area contributed by atoms with Crippen molar-refractivity contribution < 1.29 is 102 Å². The van der Waals surface area contributed by atoms with Gasteiger partial charge in [0.15, 0.2) is 0 Å². The summed E-state index contributed by atoms with van der Waals surface area (Å²) < 4.78 is 143. The second kappa shape index (κ2) is 14.9. The summed E-state index contributed by atoms with van der Waals surface area (Å²) in [6.07, 6.45) is 0. The Kier molecular flexibility index (Phi) is 13.4. The monoisotopic (exact) mass is 832 g/mol. The van der Waals surface area contributed by atoms with Gasteiger partial charge in [0.1, 0.15) is 0 Å². The van der Waals surface area contributed by atoms with Crippen LogP contribution in [0.5, 0.6) is 0 Å². The lowest BCUT2D eigenvalue weighted by Gasteiger charge is -2.53. The van der Waals surface area contributed by atoms with Gasteiger partial charge in [0.25, 0.3) is 0 Å². The molecular weight excluding hydrogens is 793 g/mol. The highest BCUT2D eigenvalue weighted by molar-refractivity contribution is 6.95. The topological polar surface area (TPSA) is 222 Å². The SMILES string of the molecule is C.CO[Si]1(OC)O[Si]2(OC)O[Si](OC)(OC)O[Si]3(OC)O[Si](OC)(OC)O[Si]4(OC)O[Si](OC)(OC)O[Si](OC)(O1)O[Si](O2)(O3)O4. The molecule has 0 N–H and O–H groups in total. The summed E-state index contributed by atoms with van der Waals surface area (Å²) in [7, 11) is -29.0. The Morgan fingerprint density at radius 3 is 0.500 bits per heavy atom. The van der Waals surface area contributed by atoms with Crippen molar-refractivity contribution in [2.24, 2.45) is 0 Å². The first-order valence-corrected chi connectivity index (χ1v) is 26.9. The zero-order chi connectivity index (χ0) is 33.5. The molecule has 4 aliphatic rings. The third-order valence-electron chi connectivity index (χ3n) is 6.00. The van der Waals surface area contributed by atoms with Crippen LogP contribution in [0.1, 0.15) is 7.43 Å². The van der Waals surface area contributed by atoms with Crippen LogP contribution in [0.2, 0.25) is 0 Å². The average molecular weight is 833 g/mol. The molecule has 0 aromatic carbocycles. The maximum absolute atomic E-state index is 6.41. The summed E-state index contributed by atoms with van der Waals surface area (Å²) in [5.74, 6) is 0.